The SMILES string of the molecule is CCC(C)(CN)C(=O)N[C@@H](C)c1ccccc1Cl. The molecule has 0 saturated carbocycles. The summed E-state index contributed by atoms with van der Waals surface area (Å²) in [6.07, 6.45) is 0.713. The van der Waals surface area contributed by atoms with E-state index in [0.717, 1.165) is 5.56 Å². The molecule has 3 N–H and O–H groups in total. The van der Waals surface area contributed by atoms with E-state index in [1.807, 2.05) is 45.0 Å². The number of amides is 1. The lowest BCUT2D eigenvalue weighted by atomic mass is 9.86. The van der Waals surface area contributed by atoms with E-state index in [4.69, 9.17) is 17.3 Å². The number of hydrogen-bond acceptors (Lipinski definition) is 2. The molecule has 0 aliphatic carbocycles. The minimum Gasteiger partial charge on any atom is -0.349 e. The molecule has 3 nitrogen and oxygen atoms in total. The topological polar surface area (TPSA) is 55.1 Å². The molecule has 0 aromatic heterocycles. The summed E-state index contributed by atoms with van der Waals surface area (Å²) in [4.78, 5) is 12.2. The van der Waals surface area contributed by atoms with Crippen LogP contribution in [0.3, 0.4) is 0 Å². The van der Waals surface area contributed by atoms with Gasteiger partial charge >= 0.3 is 0 Å². The first-order chi connectivity index (χ1) is 8.44. The molecule has 2 atom stereocenters. The highest BCUT2D eigenvalue weighted by Gasteiger charge is 2.30. The fraction of sp³-hybridized carbons (Fsp3) is 0.500. The number of nitrogens with two attached hydrogens (primary N) is 1. The van der Waals surface area contributed by atoms with Crippen molar-refractivity contribution in [1.29, 1.82) is 0 Å². The van der Waals surface area contributed by atoms with E-state index < -0.39 is 5.41 Å². The number of carbonyl (C=O) groups excluding carboxylic acids is 1. The first-order valence-electron chi connectivity index (χ1n) is 6.20. The van der Waals surface area contributed by atoms with Crippen molar-refractivity contribution in [1.82, 2.24) is 5.32 Å². The van der Waals surface area contributed by atoms with E-state index in [1.54, 1.807) is 0 Å². The normalized spacial score (nSPS) is 15.8. The number of carbonyl (C=O) groups is 1. The second-order valence-corrected chi connectivity index (χ2v) is 5.24. The molecule has 1 rings (SSSR count). The lowest BCUT2D eigenvalue weighted by molar-refractivity contribution is -0.130. The molecule has 1 aromatic carbocycles. The van der Waals surface area contributed by atoms with E-state index in [-0.39, 0.29) is 11.9 Å². The molecule has 0 radical (unpaired) electrons. The van der Waals surface area contributed by atoms with Gasteiger partial charge in [-0.1, -0.05) is 36.7 Å². The summed E-state index contributed by atoms with van der Waals surface area (Å²) in [5, 5.41) is 3.64. The molecule has 0 aliphatic rings. The van der Waals surface area contributed by atoms with Crippen LogP contribution in [0.1, 0.15) is 38.8 Å². The largest absolute Gasteiger partial charge is 0.349 e. The second-order valence-electron chi connectivity index (χ2n) is 4.84. The molecular formula is C14H21ClN2O. The standard InChI is InChI=1S/C14H21ClN2O/c1-4-14(3,9-16)13(18)17-10(2)11-7-5-6-8-12(11)15/h5-8,10H,4,9,16H2,1-3H3,(H,17,18)/t10-,14?/m0/s1. The van der Waals surface area contributed by atoms with Crippen LogP contribution in [0.25, 0.3) is 0 Å². The van der Waals surface area contributed by atoms with Crippen LogP contribution < -0.4 is 11.1 Å². The minimum atomic E-state index is -0.518. The average molecular weight is 269 g/mol. The molecule has 0 bridgehead atoms. The summed E-state index contributed by atoms with van der Waals surface area (Å²) in [6, 6.07) is 7.39. The summed E-state index contributed by atoms with van der Waals surface area (Å²) in [5.74, 6) is -0.0279. The van der Waals surface area contributed by atoms with Crippen LogP contribution in [0, 0.1) is 5.41 Å². The summed E-state index contributed by atoms with van der Waals surface area (Å²) in [6.45, 7) is 6.10. The third-order valence-electron chi connectivity index (χ3n) is 3.50. The van der Waals surface area contributed by atoms with Gasteiger partial charge in [-0.2, -0.15) is 0 Å². The molecule has 1 unspecified atom stereocenters. The molecule has 100 valence electrons. The first kappa shape index (κ1) is 15.0. The molecule has 0 aliphatic heterocycles. The van der Waals surface area contributed by atoms with Gasteiger partial charge in [0.15, 0.2) is 0 Å². The van der Waals surface area contributed by atoms with Gasteiger partial charge in [0.2, 0.25) is 5.91 Å². The van der Waals surface area contributed by atoms with Gasteiger partial charge in [0.1, 0.15) is 0 Å². The smallest absolute Gasteiger partial charge is 0.227 e. The summed E-state index contributed by atoms with van der Waals surface area (Å²) >= 11 is 6.11. The number of halogens is 1. The highest BCUT2D eigenvalue weighted by molar-refractivity contribution is 6.31. The van der Waals surface area contributed by atoms with Gasteiger partial charge in [-0.15, -0.1) is 0 Å². The molecule has 0 spiro atoms. The lowest BCUT2D eigenvalue weighted by Gasteiger charge is -2.27. The van der Waals surface area contributed by atoms with Crippen molar-refractivity contribution in [2.75, 3.05) is 6.54 Å². The number of benzene rings is 1. The van der Waals surface area contributed by atoms with Crippen molar-refractivity contribution in [3.05, 3.63) is 34.9 Å². The molecule has 0 heterocycles. The highest BCUT2D eigenvalue weighted by atomic mass is 35.5. The summed E-state index contributed by atoms with van der Waals surface area (Å²) in [7, 11) is 0. The van der Waals surface area contributed by atoms with Gasteiger partial charge in [0, 0.05) is 11.6 Å². The maximum atomic E-state index is 12.2. The second kappa shape index (κ2) is 6.21. The highest BCUT2D eigenvalue weighted by Crippen LogP contribution is 2.25. The quantitative estimate of drug-likeness (QED) is 0.863. The van der Waals surface area contributed by atoms with E-state index in [9.17, 15) is 4.79 Å². The fourth-order valence-corrected chi connectivity index (χ4v) is 1.97. The van der Waals surface area contributed by atoms with Crippen molar-refractivity contribution in [2.45, 2.75) is 33.2 Å². The Morgan fingerprint density at radius 1 is 1.50 bits per heavy atom. The van der Waals surface area contributed by atoms with Gasteiger partial charge in [-0.3, -0.25) is 4.79 Å². The van der Waals surface area contributed by atoms with Gasteiger partial charge in [-0.05, 0) is 31.9 Å². The Labute approximate surface area is 114 Å². The van der Waals surface area contributed by atoms with E-state index in [1.165, 1.54) is 0 Å². The van der Waals surface area contributed by atoms with Crippen molar-refractivity contribution >= 4 is 17.5 Å². The molecular weight excluding hydrogens is 248 g/mol. The van der Waals surface area contributed by atoms with Crippen molar-refractivity contribution < 1.29 is 4.79 Å². The van der Waals surface area contributed by atoms with Crippen LogP contribution in [-0.2, 0) is 4.79 Å². The predicted molar refractivity (Wildman–Crippen MR) is 75.5 cm³/mol. The Morgan fingerprint density at radius 2 is 2.11 bits per heavy atom. The molecule has 18 heavy (non-hydrogen) atoms. The van der Waals surface area contributed by atoms with Crippen LogP contribution in [-0.4, -0.2) is 12.5 Å². The molecule has 0 fully saturated rings. The zero-order valence-electron chi connectivity index (χ0n) is 11.2. The van der Waals surface area contributed by atoms with E-state index >= 15 is 0 Å². The zero-order valence-corrected chi connectivity index (χ0v) is 11.9. The van der Waals surface area contributed by atoms with Crippen LogP contribution in [0.5, 0.6) is 0 Å². The maximum Gasteiger partial charge on any atom is 0.227 e. The Kier molecular flexibility index (Phi) is 5.17. The lowest BCUT2D eigenvalue weighted by Crippen LogP contribution is -2.44. The van der Waals surface area contributed by atoms with Gasteiger partial charge in [0.25, 0.3) is 0 Å². The Hall–Kier alpha value is -1.06. The summed E-state index contributed by atoms with van der Waals surface area (Å²) < 4.78 is 0. The van der Waals surface area contributed by atoms with Crippen LogP contribution in [0.2, 0.25) is 5.02 Å². The van der Waals surface area contributed by atoms with E-state index in [0.29, 0.717) is 18.0 Å². The van der Waals surface area contributed by atoms with Crippen molar-refractivity contribution in [3.8, 4) is 0 Å². The minimum absolute atomic E-state index is 0.0279. The van der Waals surface area contributed by atoms with Crippen LogP contribution in [0.4, 0.5) is 0 Å². The predicted octanol–water partition coefficient (Wildman–Crippen LogP) is 2.89. The Balaban J connectivity index is 2.80. The fourth-order valence-electron chi connectivity index (χ4n) is 1.67. The Morgan fingerprint density at radius 3 is 2.61 bits per heavy atom. The van der Waals surface area contributed by atoms with Gasteiger partial charge in [-0.25, -0.2) is 0 Å². The van der Waals surface area contributed by atoms with E-state index in [2.05, 4.69) is 5.32 Å². The molecule has 1 aromatic rings. The maximum absolute atomic E-state index is 12.2. The third-order valence-corrected chi connectivity index (χ3v) is 3.84. The first-order valence-corrected chi connectivity index (χ1v) is 6.58. The van der Waals surface area contributed by atoms with Crippen molar-refractivity contribution in [3.63, 3.8) is 0 Å². The van der Waals surface area contributed by atoms with Gasteiger partial charge in [0.05, 0.1) is 11.5 Å². The number of hydrogen-bond donors (Lipinski definition) is 2. The average Bonchev–Trinajstić information content (AvgIpc) is 2.38. The summed E-state index contributed by atoms with van der Waals surface area (Å²) in [5.41, 5.74) is 6.08. The number of nitrogens with one attached hydrogen (secondary N) is 1. The molecule has 4 heteroatoms. The number of rotatable bonds is 5. The Bertz CT molecular complexity index is 416. The van der Waals surface area contributed by atoms with Crippen LogP contribution >= 0.6 is 11.6 Å². The molecule has 0 saturated heterocycles. The van der Waals surface area contributed by atoms with Crippen LogP contribution in [0.15, 0.2) is 24.3 Å². The molecule has 1 amide bonds. The monoisotopic (exact) mass is 268 g/mol. The third kappa shape index (κ3) is 3.24. The van der Waals surface area contributed by atoms with Gasteiger partial charge < -0.3 is 11.1 Å². The zero-order chi connectivity index (χ0) is 13.8. The van der Waals surface area contributed by atoms with Crippen molar-refractivity contribution in [2.24, 2.45) is 11.1 Å².